The molecule has 3 nitrogen and oxygen atoms in total. The molecule has 0 spiro atoms. The monoisotopic (exact) mass is 282 g/mol. The largest absolute Gasteiger partial charge is 0.322 e. The van der Waals surface area contributed by atoms with E-state index in [2.05, 4.69) is 4.98 Å². The predicted octanol–water partition coefficient (Wildman–Crippen LogP) is 3.55. The summed E-state index contributed by atoms with van der Waals surface area (Å²) in [6.45, 7) is 0. The van der Waals surface area contributed by atoms with E-state index in [0.717, 1.165) is 21.8 Å². The molecule has 20 heavy (non-hydrogen) atoms. The van der Waals surface area contributed by atoms with Crippen molar-refractivity contribution >= 4 is 28.6 Å². The first kappa shape index (κ1) is 12.9. The Hall–Kier alpha value is -2.07. The molecule has 0 aliphatic carbocycles. The van der Waals surface area contributed by atoms with Gasteiger partial charge in [-0.2, -0.15) is 0 Å². The van der Waals surface area contributed by atoms with E-state index in [1.165, 1.54) is 11.8 Å². The first-order valence-corrected chi connectivity index (χ1v) is 7.37. The molecule has 0 fully saturated rings. The molecule has 1 heterocycles. The number of fused-ring (bicyclic) bond motifs is 1. The molecular formula is C16H14N2OS. The third-order valence-electron chi connectivity index (χ3n) is 3.17. The second kappa shape index (κ2) is 5.51. The molecule has 0 aliphatic rings. The van der Waals surface area contributed by atoms with Crippen molar-refractivity contribution in [1.29, 1.82) is 0 Å². The zero-order valence-corrected chi connectivity index (χ0v) is 11.9. The van der Waals surface area contributed by atoms with Gasteiger partial charge >= 0.3 is 0 Å². The van der Waals surface area contributed by atoms with E-state index >= 15 is 0 Å². The van der Waals surface area contributed by atoms with Crippen LogP contribution in [0.15, 0.2) is 59.8 Å². The summed E-state index contributed by atoms with van der Waals surface area (Å²) in [5.41, 5.74) is 2.80. The average Bonchev–Trinajstić information content (AvgIpc) is 2.83. The highest BCUT2D eigenvalue weighted by atomic mass is 32.2. The Labute approximate surface area is 121 Å². The standard InChI is InChI=1S/C16H14N2OS/c1-18-14-10-6-5-9-13(14)17-16(18)20-11-15(19)12-7-3-2-4-8-12/h2-10H,11H2,1H3. The van der Waals surface area contributed by atoms with E-state index in [0.29, 0.717) is 5.75 Å². The molecule has 0 bridgehead atoms. The lowest BCUT2D eigenvalue weighted by Crippen LogP contribution is -2.03. The fourth-order valence-corrected chi connectivity index (χ4v) is 2.97. The van der Waals surface area contributed by atoms with Gasteiger partial charge in [0.15, 0.2) is 10.9 Å². The van der Waals surface area contributed by atoms with Crippen molar-refractivity contribution in [2.24, 2.45) is 7.05 Å². The summed E-state index contributed by atoms with van der Waals surface area (Å²) < 4.78 is 2.03. The van der Waals surface area contributed by atoms with Crippen LogP contribution < -0.4 is 0 Å². The minimum Gasteiger partial charge on any atom is -0.322 e. The van der Waals surface area contributed by atoms with Gasteiger partial charge in [0.25, 0.3) is 0 Å². The highest BCUT2D eigenvalue weighted by Gasteiger charge is 2.11. The Morgan fingerprint density at radius 3 is 2.55 bits per heavy atom. The zero-order valence-electron chi connectivity index (χ0n) is 11.1. The maximum absolute atomic E-state index is 12.1. The maximum atomic E-state index is 12.1. The molecule has 0 atom stereocenters. The van der Waals surface area contributed by atoms with Crippen LogP contribution in [0.1, 0.15) is 10.4 Å². The average molecular weight is 282 g/mol. The van der Waals surface area contributed by atoms with E-state index < -0.39 is 0 Å². The molecule has 0 saturated carbocycles. The number of ketones is 1. The van der Waals surface area contributed by atoms with Crippen molar-refractivity contribution in [3.63, 3.8) is 0 Å². The Balaban J connectivity index is 1.77. The van der Waals surface area contributed by atoms with Gasteiger partial charge in [-0.1, -0.05) is 54.2 Å². The van der Waals surface area contributed by atoms with Gasteiger partial charge in [-0.05, 0) is 12.1 Å². The second-order valence-corrected chi connectivity index (χ2v) is 5.46. The summed E-state index contributed by atoms with van der Waals surface area (Å²) in [5, 5.41) is 0.871. The van der Waals surface area contributed by atoms with Crippen molar-refractivity contribution in [2.45, 2.75) is 5.16 Å². The predicted molar refractivity (Wildman–Crippen MR) is 82.2 cm³/mol. The lowest BCUT2D eigenvalue weighted by Gasteiger charge is -2.02. The third-order valence-corrected chi connectivity index (χ3v) is 4.20. The number of carbonyl (C=O) groups excluding carboxylic acids is 1. The number of aromatic nitrogens is 2. The van der Waals surface area contributed by atoms with Crippen molar-refractivity contribution in [3.8, 4) is 0 Å². The van der Waals surface area contributed by atoms with E-state index in [1.807, 2.05) is 66.2 Å². The molecule has 0 aliphatic heterocycles. The van der Waals surface area contributed by atoms with Crippen LogP contribution in [0.3, 0.4) is 0 Å². The van der Waals surface area contributed by atoms with Crippen molar-refractivity contribution in [3.05, 3.63) is 60.2 Å². The van der Waals surface area contributed by atoms with Gasteiger partial charge in [-0.25, -0.2) is 4.98 Å². The van der Waals surface area contributed by atoms with Gasteiger partial charge in [-0.3, -0.25) is 4.79 Å². The number of para-hydroxylation sites is 2. The molecule has 1 aromatic heterocycles. The minimum atomic E-state index is 0.127. The van der Waals surface area contributed by atoms with E-state index in [9.17, 15) is 4.79 Å². The number of benzene rings is 2. The summed E-state index contributed by atoms with van der Waals surface area (Å²) in [5.74, 6) is 0.531. The summed E-state index contributed by atoms with van der Waals surface area (Å²) in [4.78, 5) is 16.6. The Morgan fingerprint density at radius 2 is 1.80 bits per heavy atom. The number of rotatable bonds is 4. The highest BCUT2D eigenvalue weighted by Crippen LogP contribution is 2.23. The zero-order chi connectivity index (χ0) is 13.9. The first-order chi connectivity index (χ1) is 9.75. The molecule has 3 aromatic rings. The number of carbonyl (C=O) groups is 1. The fourth-order valence-electron chi connectivity index (χ4n) is 2.09. The number of nitrogens with zero attached hydrogens (tertiary/aromatic N) is 2. The topological polar surface area (TPSA) is 34.9 Å². The summed E-state index contributed by atoms with van der Waals surface area (Å²) in [6.07, 6.45) is 0. The van der Waals surface area contributed by atoms with Gasteiger partial charge in [0, 0.05) is 12.6 Å². The number of aryl methyl sites for hydroxylation is 1. The van der Waals surface area contributed by atoms with Crippen LogP contribution >= 0.6 is 11.8 Å². The molecule has 0 unspecified atom stereocenters. The highest BCUT2D eigenvalue weighted by molar-refractivity contribution is 7.99. The molecule has 0 amide bonds. The molecule has 4 heteroatoms. The molecule has 0 N–H and O–H groups in total. The van der Waals surface area contributed by atoms with Crippen molar-refractivity contribution < 1.29 is 4.79 Å². The first-order valence-electron chi connectivity index (χ1n) is 6.38. The van der Waals surface area contributed by atoms with E-state index in [-0.39, 0.29) is 5.78 Å². The molecule has 100 valence electrons. The minimum absolute atomic E-state index is 0.127. The van der Waals surface area contributed by atoms with Crippen molar-refractivity contribution in [1.82, 2.24) is 9.55 Å². The van der Waals surface area contributed by atoms with Crippen LogP contribution in [0.4, 0.5) is 0 Å². The number of hydrogen-bond donors (Lipinski definition) is 0. The lowest BCUT2D eigenvalue weighted by atomic mass is 10.2. The summed E-state index contributed by atoms with van der Waals surface area (Å²) >= 11 is 1.48. The number of hydrogen-bond acceptors (Lipinski definition) is 3. The van der Waals surface area contributed by atoms with Gasteiger partial charge in [-0.15, -0.1) is 0 Å². The quantitative estimate of drug-likeness (QED) is 0.542. The smallest absolute Gasteiger partial charge is 0.173 e. The summed E-state index contributed by atoms with van der Waals surface area (Å²) in [6, 6.07) is 17.3. The molecule has 2 aromatic carbocycles. The molecule has 0 saturated heterocycles. The van der Waals surface area contributed by atoms with Crippen molar-refractivity contribution in [2.75, 3.05) is 5.75 Å². The normalized spacial score (nSPS) is 10.8. The lowest BCUT2D eigenvalue weighted by molar-refractivity contribution is 0.102. The van der Waals surface area contributed by atoms with Crippen LogP contribution in [-0.2, 0) is 7.05 Å². The number of Topliss-reactive ketones (excluding diaryl/α,β-unsaturated/α-hetero) is 1. The molecule has 0 radical (unpaired) electrons. The van der Waals surface area contributed by atoms with Crippen LogP contribution in [0.2, 0.25) is 0 Å². The Kier molecular flexibility index (Phi) is 3.56. The molecular weight excluding hydrogens is 268 g/mol. The second-order valence-electron chi connectivity index (χ2n) is 4.52. The van der Waals surface area contributed by atoms with E-state index in [1.54, 1.807) is 0 Å². The number of thioether (sulfide) groups is 1. The van der Waals surface area contributed by atoms with Gasteiger partial charge < -0.3 is 4.57 Å². The Morgan fingerprint density at radius 1 is 1.10 bits per heavy atom. The summed E-state index contributed by atoms with van der Waals surface area (Å²) in [7, 11) is 1.98. The van der Waals surface area contributed by atoms with Gasteiger partial charge in [0.05, 0.1) is 16.8 Å². The molecule has 3 rings (SSSR count). The SMILES string of the molecule is Cn1c(SCC(=O)c2ccccc2)nc2ccccc21. The van der Waals surface area contributed by atoms with Crippen LogP contribution in [0.25, 0.3) is 11.0 Å². The van der Waals surface area contributed by atoms with E-state index in [4.69, 9.17) is 0 Å². The van der Waals surface area contributed by atoms with Crippen LogP contribution in [-0.4, -0.2) is 21.1 Å². The van der Waals surface area contributed by atoms with Crippen LogP contribution in [0, 0.1) is 0 Å². The van der Waals surface area contributed by atoms with Crippen LogP contribution in [0.5, 0.6) is 0 Å². The third kappa shape index (κ3) is 2.47. The number of imidazole rings is 1. The van der Waals surface area contributed by atoms with Gasteiger partial charge in [0.1, 0.15) is 0 Å². The fraction of sp³-hybridized carbons (Fsp3) is 0.125. The Bertz CT molecular complexity index is 750. The van der Waals surface area contributed by atoms with Gasteiger partial charge in [0.2, 0.25) is 0 Å². The maximum Gasteiger partial charge on any atom is 0.173 e.